The van der Waals surface area contributed by atoms with Gasteiger partial charge in [0.15, 0.2) is 11.6 Å². The third kappa shape index (κ3) is 4.81. The van der Waals surface area contributed by atoms with Crippen molar-refractivity contribution in [2.24, 2.45) is 0 Å². The molecule has 2 rings (SSSR count). The average molecular weight is 280 g/mol. The predicted molar refractivity (Wildman–Crippen MR) is 75.2 cm³/mol. The molecule has 0 heterocycles. The summed E-state index contributed by atoms with van der Waals surface area (Å²) in [4.78, 5) is 13.4. The molecular formula is C15H21FN2O2. The Morgan fingerprint density at radius 1 is 1.45 bits per heavy atom. The van der Waals surface area contributed by atoms with Gasteiger partial charge < -0.3 is 15.0 Å². The van der Waals surface area contributed by atoms with Gasteiger partial charge in [0.1, 0.15) is 6.61 Å². The van der Waals surface area contributed by atoms with Crippen molar-refractivity contribution in [3.63, 3.8) is 0 Å². The highest BCUT2D eigenvalue weighted by Crippen LogP contribution is 2.18. The number of hydrogen-bond donors (Lipinski definition) is 1. The normalized spacial score (nSPS) is 14.1. The highest BCUT2D eigenvalue weighted by molar-refractivity contribution is 5.76. The summed E-state index contributed by atoms with van der Waals surface area (Å²) in [6.07, 6.45) is 2.94. The Bertz CT molecular complexity index is 449. The second-order valence-electron chi connectivity index (χ2n) is 5.07. The second-order valence-corrected chi connectivity index (χ2v) is 5.07. The van der Waals surface area contributed by atoms with E-state index < -0.39 is 0 Å². The van der Waals surface area contributed by atoms with Crippen LogP contribution in [0.3, 0.4) is 0 Å². The Labute approximate surface area is 118 Å². The molecule has 20 heavy (non-hydrogen) atoms. The van der Waals surface area contributed by atoms with Gasteiger partial charge in [-0.2, -0.15) is 0 Å². The summed E-state index contributed by atoms with van der Waals surface area (Å²) in [5.41, 5.74) is 0. The molecule has 0 radical (unpaired) electrons. The van der Waals surface area contributed by atoms with E-state index in [0.717, 1.165) is 6.54 Å². The monoisotopic (exact) mass is 280 g/mol. The van der Waals surface area contributed by atoms with E-state index in [4.69, 9.17) is 4.74 Å². The molecule has 0 unspecified atom stereocenters. The molecule has 0 aliphatic heterocycles. The van der Waals surface area contributed by atoms with Crippen molar-refractivity contribution < 1.29 is 13.9 Å². The van der Waals surface area contributed by atoms with E-state index in [1.165, 1.54) is 18.9 Å². The van der Waals surface area contributed by atoms with Crippen molar-refractivity contribution in [3.8, 4) is 5.75 Å². The smallest absolute Gasteiger partial charge is 0.223 e. The largest absolute Gasteiger partial charge is 0.489 e. The molecule has 1 saturated carbocycles. The molecule has 1 aliphatic carbocycles. The molecule has 0 saturated heterocycles. The SMILES string of the molecule is CN(CCOc1ccccc1F)C(=O)CCNC1CC1. The standard InChI is InChI=1S/C15H21FN2O2/c1-18(15(19)8-9-17-12-6-7-12)10-11-20-14-5-3-2-4-13(14)16/h2-5,12,17H,6-11H2,1H3. The molecule has 4 nitrogen and oxygen atoms in total. The fourth-order valence-corrected chi connectivity index (χ4v) is 1.84. The van der Waals surface area contributed by atoms with Crippen LogP contribution in [-0.2, 0) is 4.79 Å². The first-order valence-electron chi connectivity index (χ1n) is 7.01. The summed E-state index contributed by atoms with van der Waals surface area (Å²) in [6, 6.07) is 6.89. The van der Waals surface area contributed by atoms with Crippen LogP contribution in [-0.4, -0.2) is 43.6 Å². The van der Waals surface area contributed by atoms with Gasteiger partial charge in [-0.05, 0) is 25.0 Å². The lowest BCUT2D eigenvalue weighted by Crippen LogP contribution is -2.33. The van der Waals surface area contributed by atoms with Crippen molar-refractivity contribution in [1.29, 1.82) is 0 Å². The number of halogens is 1. The summed E-state index contributed by atoms with van der Waals surface area (Å²) in [5.74, 6) is -0.0749. The van der Waals surface area contributed by atoms with Crippen LogP contribution >= 0.6 is 0 Å². The minimum atomic E-state index is -0.380. The Morgan fingerprint density at radius 2 is 2.20 bits per heavy atom. The summed E-state index contributed by atoms with van der Waals surface area (Å²) in [6.45, 7) is 1.47. The first-order valence-corrected chi connectivity index (χ1v) is 7.01. The number of benzene rings is 1. The van der Waals surface area contributed by atoms with Crippen molar-refractivity contribution in [2.75, 3.05) is 26.7 Å². The van der Waals surface area contributed by atoms with E-state index in [0.29, 0.717) is 25.6 Å². The number of rotatable bonds is 8. The minimum absolute atomic E-state index is 0.0790. The zero-order chi connectivity index (χ0) is 14.4. The van der Waals surface area contributed by atoms with Crippen molar-refractivity contribution in [1.82, 2.24) is 10.2 Å². The first-order chi connectivity index (χ1) is 9.66. The molecule has 1 aromatic carbocycles. The van der Waals surface area contributed by atoms with Crippen LogP contribution in [0.25, 0.3) is 0 Å². The lowest BCUT2D eigenvalue weighted by molar-refractivity contribution is -0.130. The Balaban J connectivity index is 1.62. The summed E-state index contributed by atoms with van der Waals surface area (Å²) >= 11 is 0. The number of carbonyl (C=O) groups excluding carboxylic acids is 1. The highest BCUT2D eigenvalue weighted by Gasteiger charge is 2.20. The molecule has 0 bridgehead atoms. The van der Waals surface area contributed by atoms with Crippen LogP contribution in [0.2, 0.25) is 0 Å². The molecule has 0 atom stereocenters. The van der Waals surface area contributed by atoms with Crippen LogP contribution < -0.4 is 10.1 Å². The van der Waals surface area contributed by atoms with Gasteiger partial charge in [0.05, 0.1) is 6.54 Å². The van der Waals surface area contributed by atoms with E-state index in [1.807, 2.05) is 0 Å². The molecule has 1 N–H and O–H groups in total. The molecule has 0 spiro atoms. The zero-order valence-electron chi connectivity index (χ0n) is 11.8. The van der Waals surface area contributed by atoms with E-state index in [1.54, 1.807) is 30.1 Å². The zero-order valence-corrected chi connectivity index (χ0v) is 11.8. The molecule has 0 aromatic heterocycles. The van der Waals surface area contributed by atoms with Gasteiger partial charge in [-0.15, -0.1) is 0 Å². The molecular weight excluding hydrogens is 259 g/mol. The predicted octanol–water partition coefficient (Wildman–Crippen LogP) is 1.80. The number of para-hydroxylation sites is 1. The number of hydrogen-bond acceptors (Lipinski definition) is 3. The third-order valence-corrected chi connectivity index (χ3v) is 3.30. The fraction of sp³-hybridized carbons (Fsp3) is 0.533. The number of ether oxygens (including phenoxy) is 1. The third-order valence-electron chi connectivity index (χ3n) is 3.30. The van der Waals surface area contributed by atoms with Gasteiger partial charge >= 0.3 is 0 Å². The number of carbonyl (C=O) groups is 1. The Hall–Kier alpha value is -1.62. The highest BCUT2D eigenvalue weighted by atomic mass is 19.1. The second kappa shape index (κ2) is 7.24. The molecule has 5 heteroatoms. The molecule has 1 fully saturated rings. The first kappa shape index (κ1) is 14.8. The summed E-state index contributed by atoms with van der Waals surface area (Å²) in [5, 5.41) is 3.30. The molecule has 1 aromatic rings. The van der Waals surface area contributed by atoms with Gasteiger partial charge in [0, 0.05) is 26.1 Å². The van der Waals surface area contributed by atoms with Crippen molar-refractivity contribution >= 4 is 5.91 Å². The van der Waals surface area contributed by atoms with Crippen LogP contribution in [0, 0.1) is 5.82 Å². The lowest BCUT2D eigenvalue weighted by Gasteiger charge is -2.17. The Morgan fingerprint density at radius 3 is 2.90 bits per heavy atom. The topological polar surface area (TPSA) is 41.6 Å². The van der Waals surface area contributed by atoms with Gasteiger partial charge in [-0.1, -0.05) is 12.1 Å². The molecule has 110 valence electrons. The van der Waals surface area contributed by atoms with Crippen LogP contribution in [0.15, 0.2) is 24.3 Å². The maximum absolute atomic E-state index is 13.3. The van der Waals surface area contributed by atoms with E-state index in [-0.39, 0.29) is 17.5 Å². The molecule has 1 aliphatic rings. The molecule has 1 amide bonds. The Kier molecular flexibility index (Phi) is 5.35. The van der Waals surface area contributed by atoms with Crippen LogP contribution in [0.1, 0.15) is 19.3 Å². The quantitative estimate of drug-likeness (QED) is 0.789. The number of likely N-dealkylation sites (N-methyl/N-ethyl adjacent to an activating group) is 1. The van der Waals surface area contributed by atoms with Crippen LogP contribution in [0.5, 0.6) is 5.75 Å². The van der Waals surface area contributed by atoms with Gasteiger partial charge in [-0.25, -0.2) is 4.39 Å². The van der Waals surface area contributed by atoms with Gasteiger partial charge in [0.25, 0.3) is 0 Å². The maximum Gasteiger partial charge on any atom is 0.223 e. The van der Waals surface area contributed by atoms with E-state index in [9.17, 15) is 9.18 Å². The number of amides is 1. The fourth-order valence-electron chi connectivity index (χ4n) is 1.84. The average Bonchev–Trinajstić information content (AvgIpc) is 3.25. The van der Waals surface area contributed by atoms with Crippen molar-refractivity contribution in [3.05, 3.63) is 30.1 Å². The number of nitrogens with one attached hydrogen (secondary N) is 1. The number of nitrogens with zero attached hydrogens (tertiary/aromatic N) is 1. The summed E-state index contributed by atoms with van der Waals surface area (Å²) < 4.78 is 18.6. The van der Waals surface area contributed by atoms with Gasteiger partial charge in [-0.3, -0.25) is 4.79 Å². The maximum atomic E-state index is 13.3. The van der Waals surface area contributed by atoms with Crippen LogP contribution in [0.4, 0.5) is 4.39 Å². The van der Waals surface area contributed by atoms with E-state index >= 15 is 0 Å². The van der Waals surface area contributed by atoms with Crippen molar-refractivity contribution in [2.45, 2.75) is 25.3 Å². The summed E-state index contributed by atoms with van der Waals surface area (Å²) in [7, 11) is 1.74. The minimum Gasteiger partial charge on any atom is -0.489 e. The van der Waals surface area contributed by atoms with Gasteiger partial charge in [0.2, 0.25) is 5.91 Å². The lowest BCUT2D eigenvalue weighted by atomic mass is 10.3. The van der Waals surface area contributed by atoms with E-state index in [2.05, 4.69) is 5.32 Å².